The summed E-state index contributed by atoms with van der Waals surface area (Å²) < 4.78 is 5.28. The molecular formula is C12H23N5O. The highest BCUT2D eigenvalue weighted by molar-refractivity contribution is 5.02. The molecule has 2 N–H and O–H groups in total. The Morgan fingerprint density at radius 3 is 2.67 bits per heavy atom. The van der Waals surface area contributed by atoms with Crippen LogP contribution in [0.15, 0.2) is 4.52 Å². The topological polar surface area (TPSA) is 71.4 Å². The Bertz CT molecular complexity index is 397. The van der Waals surface area contributed by atoms with Crippen LogP contribution in [0.1, 0.15) is 38.0 Å². The van der Waals surface area contributed by atoms with E-state index >= 15 is 0 Å². The van der Waals surface area contributed by atoms with E-state index in [9.17, 15) is 0 Å². The highest BCUT2D eigenvalue weighted by Crippen LogP contribution is 2.23. The maximum Gasteiger partial charge on any atom is 0.246 e. The molecule has 1 aromatic heterocycles. The summed E-state index contributed by atoms with van der Waals surface area (Å²) in [5.74, 6) is 1.23. The molecule has 0 saturated carbocycles. The van der Waals surface area contributed by atoms with Crippen LogP contribution < -0.4 is 5.73 Å². The predicted molar refractivity (Wildman–Crippen MR) is 69.0 cm³/mol. The molecule has 1 aromatic rings. The van der Waals surface area contributed by atoms with Crippen LogP contribution in [-0.2, 0) is 5.54 Å². The number of hydrogen-bond acceptors (Lipinski definition) is 6. The smallest absolute Gasteiger partial charge is 0.246 e. The Morgan fingerprint density at radius 2 is 2.06 bits per heavy atom. The van der Waals surface area contributed by atoms with Gasteiger partial charge < -0.3 is 15.2 Å². The first kappa shape index (κ1) is 13.5. The molecule has 2 rings (SSSR count). The number of aromatic nitrogens is 2. The molecule has 0 aromatic carbocycles. The minimum absolute atomic E-state index is 0.178. The molecule has 102 valence electrons. The summed E-state index contributed by atoms with van der Waals surface area (Å²) in [6, 6.07) is 0.178. The first-order chi connectivity index (χ1) is 8.38. The van der Waals surface area contributed by atoms with Gasteiger partial charge in [0.15, 0.2) is 5.82 Å². The van der Waals surface area contributed by atoms with Gasteiger partial charge in [-0.2, -0.15) is 4.98 Å². The van der Waals surface area contributed by atoms with Crippen molar-refractivity contribution >= 4 is 0 Å². The normalized spacial score (nSPS) is 24.2. The van der Waals surface area contributed by atoms with Gasteiger partial charge in [0.2, 0.25) is 5.89 Å². The van der Waals surface area contributed by atoms with Gasteiger partial charge in [0, 0.05) is 6.54 Å². The third kappa shape index (κ3) is 2.88. The van der Waals surface area contributed by atoms with Crippen molar-refractivity contribution in [2.24, 2.45) is 5.73 Å². The largest absolute Gasteiger partial charge is 0.337 e. The van der Waals surface area contributed by atoms with E-state index in [2.05, 4.69) is 34.0 Å². The summed E-state index contributed by atoms with van der Waals surface area (Å²) in [5.41, 5.74) is 5.39. The molecule has 0 radical (unpaired) electrons. The zero-order chi connectivity index (χ0) is 13.3. The molecule has 6 nitrogen and oxygen atoms in total. The van der Waals surface area contributed by atoms with Crippen LogP contribution >= 0.6 is 0 Å². The Kier molecular flexibility index (Phi) is 3.70. The van der Waals surface area contributed by atoms with Crippen molar-refractivity contribution in [3.05, 3.63) is 11.7 Å². The van der Waals surface area contributed by atoms with E-state index < -0.39 is 5.54 Å². The molecule has 0 amide bonds. The lowest BCUT2D eigenvalue weighted by atomic mass is 10.1. The van der Waals surface area contributed by atoms with Gasteiger partial charge in [0.1, 0.15) is 0 Å². The summed E-state index contributed by atoms with van der Waals surface area (Å²) in [5, 5.41) is 4.10. The number of hydrogen-bond donors (Lipinski definition) is 1. The average molecular weight is 253 g/mol. The molecule has 0 spiro atoms. The predicted octanol–water partition coefficient (Wildman–Crippen LogP) is 0.572. The molecule has 0 aliphatic carbocycles. The maximum absolute atomic E-state index is 5.97. The summed E-state index contributed by atoms with van der Waals surface area (Å²) in [6.07, 6.45) is 1.16. The van der Waals surface area contributed by atoms with Crippen LogP contribution in [0.4, 0.5) is 0 Å². The highest BCUT2D eigenvalue weighted by Gasteiger charge is 2.29. The molecule has 1 aliphatic rings. The third-order valence-electron chi connectivity index (χ3n) is 3.36. The molecule has 2 heterocycles. The molecular weight excluding hydrogens is 230 g/mol. The summed E-state index contributed by atoms with van der Waals surface area (Å²) >= 11 is 0. The minimum atomic E-state index is -0.583. The Labute approximate surface area is 108 Å². The van der Waals surface area contributed by atoms with Gasteiger partial charge in [0.05, 0.1) is 11.6 Å². The molecule has 1 aliphatic heterocycles. The number of rotatable bonds is 2. The second-order valence-corrected chi connectivity index (χ2v) is 5.79. The second kappa shape index (κ2) is 4.95. The fourth-order valence-electron chi connectivity index (χ4n) is 2.18. The summed E-state index contributed by atoms with van der Waals surface area (Å²) in [6.45, 7) is 6.81. The molecule has 6 heteroatoms. The minimum Gasteiger partial charge on any atom is -0.337 e. The van der Waals surface area contributed by atoms with Crippen LogP contribution in [-0.4, -0.2) is 53.7 Å². The molecule has 1 unspecified atom stereocenters. The van der Waals surface area contributed by atoms with Gasteiger partial charge in [0.25, 0.3) is 0 Å². The zero-order valence-electron chi connectivity index (χ0n) is 11.7. The standard InChI is InChI=1S/C12H23N5O/c1-12(2,13)11-14-10(15-18-11)9-8-16(3)6-5-7-17(9)4/h9H,5-8,13H2,1-4H3. The lowest BCUT2D eigenvalue weighted by Gasteiger charge is -2.24. The van der Waals surface area contributed by atoms with E-state index in [0.717, 1.165) is 31.9 Å². The lowest BCUT2D eigenvalue weighted by Crippen LogP contribution is -2.32. The van der Waals surface area contributed by atoms with Crippen LogP contribution in [0.3, 0.4) is 0 Å². The van der Waals surface area contributed by atoms with Gasteiger partial charge in [-0.05, 0) is 47.5 Å². The SMILES string of the molecule is CN1CCCN(C)C(c2noc(C(C)(C)N)n2)C1. The lowest BCUT2D eigenvalue weighted by molar-refractivity contribution is 0.214. The molecule has 18 heavy (non-hydrogen) atoms. The van der Waals surface area contributed by atoms with Crippen molar-refractivity contribution < 1.29 is 4.52 Å². The second-order valence-electron chi connectivity index (χ2n) is 5.79. The molecule has 0 bridgehead atoms. The first-order valence-corrected chi connectivity index (χ1v) is 6.39. The van der Waals surface area contributed by atoms with Crippen molar-refractivity contribution in [3.63, 3.8) is 0 Å². The monoisotopic (exact) mass is 253 g/mol. The van der Waals surface area contributed by atoms with Gasteiger partial charge in [-0.1, -0.05) is 5.16 Å². The van der Waals surface area contributed by atoms with E-state index in [0.29, 0.717) is 5.89 Å². The van der Waals surface area contributed by atoms with E-state index in [1.807, 2.05) is 13.8 Å². The van der Waals surface area contributed by atoms with Crippen LogP contribution in [0.2, 0.25) is 0 Å². The summed E-state index contributed by atoms with van der Waals surface area (Å²) in [4.78, 5) is 9.04. The van der Waals surface area contributed by atoms with E-state index in [4.69, 9.17) is 10.3 Å². The average Bonchev–Trinajstić information content (AvgIpc) is 2.68. The van der Waals surface area contributed by atoms with Crippen LogP contribution in [0, 0.1) is 0 Å². The molecule has 1 atom stereocenters. The van der Waals surface area contributed by atoms with Gasteiger partial charge in [-0.25, -0.2) is 0 Å². The van der Waals surface area contributed by atoms with Gasteiger partial charge in [-0.3, -0.25) is 4.90 Å². The van der Waals surface area contributed by atoms with E-state index in [1.165, 1.54) is 0 Å². The third-order valence-corrected chi connectivity index (χ3v) is 3.36. The Morgan fingerprint density at radius 1 is 1.33 bits per heavy atom. The quantitative estimate of drug-likeness (QED) is 0.831. The Balaban J connectivity index is 2.21. The van der Waals surface area contributed by atoms with Crippen molar-refractivity contribution in [3.8, 4) is 0 Å². The Hall–Kier alpha value is -0.980. The first-order valence-electron chi connectivity index (χ1n) is 6.39. The maximum atomic E-state index is 5.97. The van der Waals surface area contributed by atoms with Crippen molar-refractivity contribution in [2.45, 2.75) is 31.8 Å². The highest BCUT2D eigenvalue weighted by atomic mass is 16.5. The van der Waals surface area contributed by atoms with Gasteiger partial charge >= 0.3 is 0 Å². The fourth-order valence-corrected chi connectivity index (χ4v) is 2.18. The van der Waals surface area contributed by atoms with Crippen molar-refractivity contribution in [2.75, 3.05) is 33.7 Å². The fraction of sp³-hybridized carbons (Fsp3) is 0.833. The number of likely N-dealkylation sites (N-methyl/N-ethyl adjacent to an activating group) is 2. The number of nitrogens with two attached hydrogens (primary N) is 1. The number of nitrogens with zero attached hydrogens (tertiary/aromatic N) is 4. The van der Waals surface area contributed by atoms with E-state index in [1.54, 1.807) is 0 Å². The van der Waals surface area contributed by atoms with E-state index in [-0.39, 0.29) is 6.04 Å². The van der Waals surface area contributed by atoms with Crippen molar-refractivity contribution in [1.29, 1.82) is 0 Å². The van der Waals surface area contributed by atoms with Crippen molar-refractivity contribution in [1.82, 2.24) is 19.9 Å². The zero-order valence-corrected chi connectivity index (χ0v) is 11.7. The molecule has 1 fully saturated rings. The van der Waals surface area contributed by atoms with Gasteiger partial charge in [-0.15, -0.1) is 0 Å². The van der Waals surface area contributed by atoms with Crippen LogP contribution in [0.5, 0.6) is 0 Å². The molecule has 1 saturated heterocycles. The summed E-state index contributed by atoms with van der Waals surface area (Å²) in [7, 11) is 4.23. The van der Waals surface area contributed by atoms with Crippen LogP contribution in [0.25, 0.3) is 0 Å².